The summed E-state index contributed by atoms with van der Waals surface area (Å²) in [6.45, 7) is 10.8. The van der Waals surface area contributed by atoms with Crippen molar-refractivity contribution in [3.8, 4) is 11.3 Å². The van der Waals surface area contributed by atoms with Gasteiger partial charge in [-0.3, -0.25) is 4.79 Å². The molecule has 0 spiro atoms. The first kappa shape index (κ1) is 14.4. The van der Waals surface area contributed by atoms with Gasteiger partial charge in [-0.2, -0.15) is 0 Å². The van der Waals surface area contributed by atoms with Crippen molar-refractivity contribution >= 4 is 6.29 Å². The van der Waals surface area contributed by atoms with Gasteiger partial charge in [0.1, 0.15) is 5.69 Å². The molecule has 0 aliphatic carbocycles. The van der Waals surface area contributed by atoms with Crippen LogP contribution in [0.5, 0.6) is 0 Å². The molecule has 0 amide bonds. The number of carbonyl (C=O) groups excluding carboxylic acids is 1. The Labute approximate surface area is 120 Å². The second-order valence-electron chi connectivity index (χ2n) is 6.20. The minimum Gasteiger partial charge on any atom is -0.296 e. The van der Waals surface area contributed by atoms with Gasteiger partial charge >= 0.3 is 0 Å². The molecule has 2 rings (SSSR count). The molecule has 1 heterocycles. The van der Waals surface area contributed by atoms with Crippen LogP contribution in [0, 0.1) is 13.8 Å². The monoisotopic (exact) mass is 268 g/mol. The summed E-state index contributed by atoms with van der Waals surface area (Å²) in [6.07, 6.45) is 0.708. The molecule has 0 unspecified atom stereocenters. The average Bonchev–Trinajstić information content (AvgIpc) is 2.37. The molecular weight excluding hydrogens is 248 g/mol. The summed E-state index contributed by atoms with van der Waals surface area (Å²) in [5, 5.41) is 8.06. The molecule has 2 aromatic rings. The fraction of sp³-hybridized carbons (Fsp3) is 0.353. The number of hydrogen-bond donors (Lipinski definition) is 0. The molecule has 0 aliphatic heterocycles. The van der Waals surface area contributed by atoms with E-state index in [9.17, 15) is 4.79 Å². The number of aryl methyl sites for hydroxylation is 2. The van der Waals surface area contributed by atoms with Crippen LogP contribution in [0.2, 0.25) is 0 Å². The molecule has 1 aromatic heterocycles. The van der Waals surface area contributed by atoms with Crippen molar-refractivity contribution in [2.45, 2.75) is 40.0 Å². The molecule has 0 atom stereocenters. The van der Waals surface area contributed by atoms with E-state index in [2.05, 4.69) is 56.9 Å². The summed E-state index contributed by atoms with van der Waals surface area (Å²) in [5.41, 5.74) is 6.07. The van der Waals surface area contributed by atoms with Gasteiger partial charge in [-0.05, 0) is 48.1 Å². The summed E-state index contributed by atoms with van der Waals surface area (Å²) < 4.78 is 0. The van der Waals surface area contributed by atoms with E-state index in [-0.39, 0.29) is 5.41 Å². The largest absolute Gasteiger partial charge is 0.296 e. The zero-order valence-electron chi connectivity index (χ0n) is 12.7. The highest BCUT2D eigenvalue weighted by Crippen LogP contribution is 2.31. The number of hydrogen-bond acceptors (Lipinski definition) is 3. The van der Waals surface area contributed by atoms with Crippen LogP contribution in [0.4, 0.5) is 0 Å². The molecule has 3 nitrogen and oxygen atoms in total. The predicted octanol–water partition coefficient (Wildman–Crippen LogP) is 3.87. The highest BCUT2D eigenvalue weighted by atomic mass is 16.1. The Balaban J connectivity index is 2.54. The molecule has 0 bridgehead atoms. The van der Waals surface area contributed by atoms with Gasteiger partial charge in [0.15, 0.2) is 6.29 Å². The first-order valence-corrected chi connectivity index (χ1v) is 6.74. The molecule has 1 aromatic carbocycles. The van der Waals surface area contributed by atoms with Crippen molar-refractivity contribution in [2.24, 2.45) is 0 Å². The van der Waals surface area contributed by atoms with Crippen molar-refractivity contribution < 1.29 is 4.79 Å². The van der Waals surface area contributed by atoms with Crippen molar-refractivity contribution in [3.05, 3.63) is 46.6 Å². The Bertz CT molecular complexity index is 614. The van der Waals surface area contributed by atoms with Crippen molar-refractivity contribution in [1.82, 2.24) is 10.2 Å². The molecule has 0 radical (unpaired) electrons. The van der Waals surface area contributed by atoms with E-state index in [1.165, 1.54) is 16.7 Å². The van der Waals surface area contributed by atoms with Crippen LogP contribution in [0.25, 0.3) is 11.3 Å². The highest BCUT2D eigenvalue weighted by Gasteiger charge is 2.17. The van der Waals surface area contributed by atoms with Gasteiger partial charge in [-0.25, -0.2) is 0 Å². The van der Waals surface area contributed by atoms with Gasteiger partial charge in [-0.1, -0.05) is 32.9 Å². The number of carbonyl (C=O) groups is 1. The van der Waals surface area contributed by atoms with Gasteiger partial charge in [0, 0.05) is 5.56 Å². The molecule has 0 N–H and O–H groups in total. The second-order valence-corrected chi connectivity index (χ2v) is 6.20. The van der Waals surface area contributed by atoms with Gasteiger partial charge in [0.05, 0.1) is 5.69 Å². The fourth-order valence-corrected chi connectivity index (χ4v) is 2.34. The van der Waals surface area contributed by atoms with Gasteiger partial charge in [0.2, 0.25) is 0 Å². The SMILES string of the molecule is Cc1cc(C(C)(C)C)cc(C)c1-c1ccc(C=O)nn1. The van der Waals surface area contributed by atoms with Crippen molar-refractivity contribution in [1.29, 1.82) is 0 Å². The number of benzene rings is 1. The van der Waals surface area contributed by atoms with Gasteiger partial charge in [-0.15, -0.1) is 10.2 Å². The Morgan fingerprint density at radius 3 is 2.00 bits per heavy atom. The summed E-state index contributed by atoms with van der Waals surface area (Å²) in [6, 6.07) is 7.96. The molecule has 3 heteroatoms. The number of aldehydes is 1. The van der Waals surface area contributed by atoms with Crippen LogP contribution in [0.1, 0.15) is 48.0 Å². The van der Waals surface area contributed by atoms with E-state index >= 15 is 0 Å². The van der Waals surface area contributed by atoms with Gasteiger partial charge in [0.25, 0.3) is 0 Å². The zero-order chi connectivity index (χ0) is 14.9. The molecule has 0 fully saturated rings. The first-order valence-electron chi connectivity index (χ1n) is 6.74. The normalized spacial score (nSPS) is 11.4. The van der Waals surface area contributed by atoms with E-state index < -0.39 is 0 Å². The predicted molar refractivity (Wildman–Crippen MR) is 81.0 cm³/mol. The standard InChI is InChI=1S/C17H20N2O/c1-11-8-13(17(3,4)5)9-12(2)16(11)15-7-6-14(10-20)18-19-15/h6-10H,1-5H3. The Kier molecular flexibility index (Phi) is 3.71. The third kappa shape index (κ3) is 2.77. The molecular formula is C17H20N2O. The molecule has 104 valence electrons. The maximum Gasteiger partial charge on any atom is 0.170 e. The van der Waals surface area contributed by atoms with E-state index in [1.807, 2.05) is 6.07 Å². The van der Waals surface area contributed by atoms with E-state index in [1.54, 1.807) is 6.07 Å². The topological polar surface area (TPSA) is 42.9 Å². The van der Waals surface area contributed by atoms with Crippen molar-refractivity contribution in [2.75, 3.05) is 0 Å². The van der Waals surface area contributed by atoms with E-state index in [0.717, 1.165) is 11.3 Å². The summed E-state index contributed by atoms with van der Waals surface area (Å²) in [4.78, 5) is 10.6. The van der Waals surface area contributed by atoms with Gasteiger partial charge < -0.3 is 0 Å². The lowest BCUT2D eigenvalue weighted by Gasteiger charge is -2.22. The zero-order valence-corrected chi connectivity index (χ0v) is 12.7. The lowest BCUT2D eigenvalue weighted by atomic mass is 9.83. The number of aromatic nitrogens is 2. The molecule has 20 heavy (non-hydrogen) atoms. The fourth-order valence-electron chi connectivity index (χ4n) is 2.34. The van der Waals surface area contributed by atoms with E-state index in [4.69, 9.17) is 0 Å². The maximum absolute atomic E-state index is 10.6. The lowest BCUT2D eigenvalue weighted by molar-refractivity contribution is 0.111. The quantitative estimate of drug-likeness (QED) is 0.776. The Hall–Kier alpha value is -2.03. The minimum atomic E-state index is 0.126. The number of rotatable bonds is 2. The smallest absolute Gasteiger partial charge is 0.170 e. The molecule has 0 aliphatic rings. The molecule has 0 saturated heterocycles. The van der Waals surface area contributed by atoms with Crippen LogP contribution in [0.3, 0.4) is 0 Å². The van der Waals surface area contributed by atoms with Crippen LogP contribution < -0.4 is 0 Å². The third-order valence-corrected chi connectivity index (χ3v) is 3.46. The minimum absolute atomic E-state index is 0.126. The first-order chi connectivity index (χ1) is 9.32. The number of nitrogens with zero attached hydrogens (tertiary/aromatic N) is 2. The maximum atomic E-state index is 10.6. The van der Waals surface area contributed by atoms with Crippen LogP contribution in [0.15, 0.2) is 24.3 Å². The van der Waals surface area contributed by atoms with Crippen molar-refractivity contribution in [3.63, 3.8) is 0 Å². The van der Waals surface area contributed by atoms with E-state index in [0.29, 0.717) is 12.0 Å². The second kappa shape index (κ2) is 5.16. The summed E-state index contributed by atoms with van der Waals surface area (Å²) >= 11 is 0. The van der Waals surface area contributed by atoms with Crippen LogP contribution >= 0.6 is 0 Å². The lowest BCUT2D eigenvalue weighted by Crippen LogP contribution is -2.12. The molecule has 0 saturated carbocycles. The Morgan fingerprint density at radius 1 is 1.00 bits per heavy atom. The Morgan fingerprint density at radius 2 is 1.60 bits per heavy atom. The van der Waals surface area contributed by atoms with Crippen LogP contribution in [-0.4, -0.2) is 16.5 Å². The average molecular weight is 268 g/mol. The third-order valence-electron chi connectivity index (χ3n) is 3.46. The summed E-state index contributed by atoms with van der Waals surface area (Å²) in [7, 11) is 0. The highest BCUT2D eigenvalue weighted by molar-refractivity contribution is 5.73. The summed E-state index contributed by atoms with van der Waals surface area (Å²) in [5.74, 6) is 0. The van der Waals surface area contributed by atoms with Crippen LogP contribution in [-0.2, 0) is 5.41 Å².